The Kier molecular flexibility index (Phi) is 8.09. The fourth-order valence-electron chi connectivity index (χ4n) is 4.16. The number of aliphatic hydroxyl groups excluding tert-OH is 1. The third kappa shape index (κ3) is 6.01. The van der Waals surface area contributed by atoms with Crippen LogP contribution in [0.25, 0.3) is 22.3 Å². The molecular weight excluding hydrogens is 508 g/mol. The van der Waals surface area contributed by atoms with Crippen LogP contribution in [0.1, 0.15) is 11.1 Å². The lowest BCUT2D eigenvalue weighted by atomic mass is 9.92. The maximum absolute atomic E-state index is 12.1. The molecule has 0 saturated carbocycles. The van der Waals surface area contributed by atoms with Gasteiger partial charge in [0.25, 0.3) is 0 Å². The molecule has 0 atom stereocenters. The van der Waals surface area contributed by atoms with E-state index in [9.17, 15) is 18.6 Å². The molecule has 8 nitrogen and oxygen atoms in total. The summed E-state index contributed by atoms with van der Waals surface area (Å²) in [6.45, 7) is -0.151. The first kappa shape index (κ1) is 26.8. The molecule has 198 valence electrons. The number of methoxy groups -OCH3 is 2. The molecule has 0 unspecified atom stereocenters. The van der Waals surface area contributed by atoms with Gasteiger partial charge in [-0.1, -0.05) is 48.5 Å². The van der Waals surface area contributed by atoms with Crippen LogP contribution in [0.3, 0.4) is 0 Å². The average molecular weight is 537 g/mol. The maximum Gasteiger partial charge on any atom is 0.306 e. The molecule has 0 radical (unpaired) electrons. The Hall–Kier alpha value is -4.21. The van der Waals surface area contributed by atoms with Crippen molar-refractivity contribution in [3.63, 3.8) is 0 Å². The van der Waals surface area contributed by atoms with Gasteiger partial charge in [-0.15, -0.1) is 0 Å². The number of aromatic hydroxyl groups is 1. The van der Waals surface area contributed by atoms with Crippen molar-refractivity contribution in [2.24, 2.45) is 0 Å². The van der Waals surface area contributed by atoms with Crippen LogP contribution < -0.4 is 18.4 Å². The lowest BCUT2D eigenvalue weighted by Crippen LogP contribution is -2.08. The first-order valence-electron chi connectivity index (χ1n) is 11.6. The van der Waals surface area contributed by atoms with Crippen LogP contribution in [0, 0.1) is 0 Å². The van der Waals surface area contributed by atoms with E-state index in [0.29, 0.717) is 39.3 Å². The van der Waals surface area contributed by atoms with Crippen molar-refractivity contribution in [2.45, 2.75) is 13.2 Å². The molecule has 0 aromatic heterocycles. The smallest absolute Gasteiger partial charge is 0.306 e. The van der Waals surface area contributed by atoms with Crippen LogP contribution in [-0.2, 0) is 23.3 Å². The van der Waals surface area contributed by atoms with E-state index in [1.165, 1.54) is 14.2 Å². The summed E-state index contributed by atoms with van der Waals surface area (Å²) in [5.41, 5.74) is 3.78. The van der Waals surface area contributed by atoms with Gasteiger partial charge in [-0.25, -0.2) is 0 Å². The summed E-state index contributed by atoms with van der Waals surface area (Å²) in [5.74, 6) is 1.19. The topological polar surface area (TPSA) is 112 Å². The first-order chi connectivity index (χ1) is 18.2. The van der Waals surface area contributed by atoms with Crippen LogP contribution >= 0.6 is 0 Å². The lowest BCUT2D eigenvalue weighted by molar-refractivity contribution is 0.273. The van der Waals surface area contributed by atoms with Crippen LogP contribution in [-0.4, -0.2) is 39.1 Å². The van der Waals surface area contributed by atoms with Crippen molar-refractivity contribution < 1.29 is 37.0 Å². The molecule has 0 saturated heterocycles. The molecule has 4 aromatic carbocycles. The van der Waals surface area contributed by atoms with E-state index in [2.05, 4.69) is 0 Å². The Bertz CT molecular complexity index is 1510. The third-order valence-electron chi connectivity index (χ3n) is 5.81. The summed E-state index contributed by atoms with van der Waals surface area (Å²) in [7, 11) is -0.874. The van der Waals surface area contributed by atoms with Crippen molar-refractivity contribution in [1.29, 1.82) is 0 Å². The second kappa shape index (κ2) is 11.5. The number of hydrogen-bond donors (Lipinski definition) is 2. The SMILES string of the molecule is COc1cc(-c2ccc(OCc3ccccc3)c(OS(C)(=O)=O)c2)c(OC)c(CO)c1-c1ccc(O)cc1. The van der Waals surface area contributed by atoms with E-state index >= 15 is 0 Å². The van der Waals surface area contributed by atoms with E-state index in [1.54, 1.807) is 48.5 Å². The molecule has 4 aromatic rings. The number of benzene rings is 4. The molecule has 0 amide bonds. The molecule has 0 bridgehead atoms. The van der Waals surface area contributed by atoms with Gasteiger partial charge in [0, 0.05) is 16.7 Å². The van der Waals surface area contributed by atoms with Gasteiger partial charge in [-0.05, 0) is 47.0 Å². The van der Waals surface area contributed by atoms with E-state index in [-0.39, 0.29) is 30.5 Å². The van der Waals surface area contributed by atoms with E-state index in [0.717, 1.165) is 11.8 Å². The molecular formula is C29H28O8S. The average Bonchev–Trinajstić information content (AvgIpc) is 2.91. The fraction of sp³-hybridized carbons (Fsp3) is 0.172. The standard InChI is InChI=1S/C29H28O8S/c1-34-27-16-23(29(35-2)24(17-30)28(27)20-9-12-22(31)13-10-20)21-11-14-25(26(15-21)37-38(3,32)33)36-18-19-7-5-4-6-8-19/h4-16,30-31H,17-18H2,1-3H3. The van der Waals surface area contributed by atoms with E-state index in [1.807, 2.05) is 30.3 Å². The zero-order valence-corrected chi connectivity index (χ0v) is 22.0. The van der Waals surface area contributed by atoms with Crippen LogP contribution in [0.2, 0.25) is 0 Å². The monoisotopic (exact) mass is 536 g/mol. The Morgan fingerprint density at radius 1 is 0.789 bits per heavy atom. The summed E-state index contributed by atoms with van der Waals surface area (Å²) in [4.78, 5) is 0. The fourth-order valence-corrected chi connectivity index (χ4v) is 4.61. The zero-order chi connectivity index (χ0) is 27.3. The summed E-state index contributed by atoms with van der Waals surface area (Å²) >= 11 is 0. The number of phenols is 1. The minimum Gasteiger partial charge on any atom is -0.508 e. The number of hydrogen-bond acceptors (Lipinski definition) is 8. The van der Waals surface area contributed by atoms with Gasteiger partial charge in [0.15, 0.2) is 11.5 Å². The van der Waals surface area contributed by atoms with Crippen LogP contribution in [0.4, 0.5) is 0 Å². The van der Waals surface area contributed by atoms with Gasteiger partial charge in [-0.2, -0.15) is 8.42 Å². The highest BCUT2D eigenvalue weighted by molar-refractivity contribution is 7.86. The lowest BCUT2D eigenvalue weighted by Gasteiger charge is -2.21. The minimum absolute atomic E-state index is 0.00936. The Labute approximate surface area is 221 Å². The largest absolute Gasteiger partial charge is 0.508 e. The van der Waals surface area contributed by atoms with E-state index < -0.39 is 10.1 Å². The van der Waals surface area contributed by atoms with Gasteiger partial charge in [0.05, 0.1) is 27.1 Å². The number of rotatable bonds is 10. The quantitative estimate of drug-likeness (QED) is 0.268. The summed E-state index contributed by atoms with van der Waals surface area (Å²) < 4.78 is 46.7. The molecule has 0 aliphatic carbocycles. The van der Waals surface area contributed by atoms with Gasteiger partial charge >= 0.3 is 10.1 Å². The Morgan fingerprint density at radius 3 is 2.08 bits per heavy atom. The number of ether oxygens (including phenoxy) is 3. The summed E-state index contributed by atoms with van der Waals surface area (Å²) in [6, 6.07) is 22.6. The Balaban J connectivity index is 1.84. The first-order valence-corrected chi connectivity index (χ1v) is 13.4. The second-order valence-electron chi connectivity index (χ2n) is 8.44. The number of aliphatic hydroxyl groups is 1. The maximum atomic E-state index is 12.1. The highest BCUT2D eigenvalue weighted by atomic mass is 32.2. The molecule has 0 aliphatic heterocycles. The van der Waals surface area contributed by atoms with Crippen molar-refractivity contribution in [3.05, 3.63) is 90.0 Å². The van der Waals surface area contributed by atoms with Gasteiger partial charge < -0.3 is 28.6 Å². The number of phenolic OH excluding ortho intramolecular Hbond substituents is 1. The third-order valence-corrected chi connectivity index (χ3v) is 6.30. The molecule has 38 heavy (non-hydrogen) atoms. The predicted octanol–water partition coefficient (Wildman–Crippen LogP) is 5.15. The highest BCUT2D eigenvalue weighted by Crippen LogP contribution is 2.46. The molecule has 0 fully saturated rings. The minimum atomic E-state index is -3.87. The van der Waals surface area contributed by atoms with Gasteiger partial charge in [-0.3, -0.25) is 0 Å². The van der Waals surface area contributed by atoms with Crippen LogP contribution in [0.15, 0.2) is 78.9 Å². The molecule has 0 aliphatic rings. The molecule has 9 heteroatoms. The van der Waals surface area contributed by atoms with Gasteiger partial charge in [0.2, 0.25) is 0 Å². The van der Waals surface area contributed by atoms with E-state index in [4.69, 9.17) is 18.4 Å². The van der Waals surface area contributed by atoms with Crippen molar-refractivity contribution in [2.75, 3.05) is 20.5 Å². The highest BCUT2D eigenvalue weighted by Gasteiger charge is 2.23. The molecule has 2 N–H and O–H groups in total. The predicted molar refractivity (Wildman–Crippen MR) is 144 cm³/mol. The summed E-state index contributed by atoms with van der Waals surface area (Å²) in [5, 5.41) is 20.1. The molecule has 4 rings (SSSR count). The normalized spacial score (nSPS) is 11.2. The summed E-state index contributed by atoms with van der Waals surface area (Å²) in [6.07, 6.45) is 0.959. The zero-order valence-electron chi connectivity index (χ0n) is 21.2. The van der Waals surface area contributed by atoms with Crippen LogP contribution in [0.5, 0.6) is 28.7 Å². The van der Waals surface area contributed by atoms with Crippen molar-refractivity contribution in [3.8, 4) is 51.0 Å². The molecule has 0 spiro atoms. The van der Waals surface area contributed by atoms with Crippen molar-refractivity contribution >= 4 is 10.1 Å². The molecule has 0 heterocycles. The Morgan fingerprint density at radius 2 is 1.47 bits per heavy atom. The van der Waals surface area contributed by atoms with Crippen molar-refractivity contribution in [1.82, 2.24) is 0 Å². The van der Waals surface area contributed by atoms with Gasteiger partial charge in [0.1, 0.15) is 23.9 Å². The second-order valence-corrected chi connectivity index (χ2v) is 10.0.